The topological polar surface area (TPSA) is 21.6 Å². The number of benzene rings is 1. The summed E-state index contributed by atoms with van der Waals surface area (Å²) in [6.45, 7) is 3.58. The summed E-state index contributed by atoms with van der Waals surface area (Å²) in [5.41, 5.74) is -3.51. The third-order valence-electron chi connectivity index (χ3n) is 3.67. The lowest BCUT2D eigenvalue weighted by Gasteiger charge is -2.16. The molecule has 1 atom stereocenters. The van der Waals surface area contributed by atoms with E-state index in [-0.39, 0.29) is 5.90 Å². The van der Waals surface area contributed by atoms with Crippen molar-refractivity contribution >= 4 is 11.6 Å². The maximum Gasteiger partial charge on any atom is 0.418 e. The quantitative estimate of drug-likeness (QED) is 0.575. The van der Waals surface area contributed by atoms with Gasteiger partial charge in [0.25, 0.3) is 0 Å². The number of rotatable bonds is 4. The van der Waals surface area contributed by atoms with Crippen LogP contribution in [0.4, 0.5) is 32.0 Å². The zero-order valence-corrected chi connectivity index (χ0v) is 13.6. The Morgan fingerprint density at radius 2 is 1.60 bits per heavy atom. The minimum Gasteiger partial charge on any atom is -0.470 e. The predicted octanol–water partition coefficient (Wildman–Crippen LogP) is 6.29. The van der Waals surface area contributed by atoms with E-state index in [9.17, 15) is 26.3 Å². The number of nitrogens with zero attached hydrogens (tertiary/aromatic N) is 1. The molecule has 1 aromatic rings. The fourth-order valence-corrected chi connectivity index (χ4v) is 2.52. The van der Waals surface area contributed by atoms with Crippen LogP contribution in [0.5, 0.6) is 0 Å². The molecule has 1 heterocycles. The lowest BCUT2D eigenvalue weighted by atomic mass is 10.1. The van der Waals surface area contributed by atoms with E-state index in [1.165, 1.54) is 0 Å². The molecule has 0 saturated carbocycles. The highest BCUT2D eigenvalue weighted by Crippen LogP contribution is 2.44. The molecule has 25 heavy (non-hydrogen) atoms. The zero-order chi connectivity index (χ0) is 18.8. The van der Waals surface area contributed by atoms with Gasteiger partial charge in [-0.3, -0.25) is 0 Å². The molecule has 1 aliphatic rings. The Bertz CT molecular complexity index is 655. The molecule has 1 aromatic carbocycles. The average molecular weight is 365 g/mol. The number of unbranched alkanes of at least 4 members (excludes halogenated alkanes) is 1. The highest BCUT2D eigenvalue weighted by molar-refractivity contribution is 5.97. The molecule has 0 saturated heterocycles. The number of aliphatic imine (C=N–C) groups is 1. The van der Waals surface area contributed by atoms with Gasteiger partial charge < -0.3 is 4.74 Å². The third kappa shape index (κ3) is 4.55. The molecule has 0 amide bonds. The highest BCUT2D eigenvalue weighted by atomic mass is 19.4. The van der Waals surface area contributed by atoms with Crippen molar-refractivity contribution in [3.8, 4) is 0 Å². The van der Waals surface area contributed by atoms with Crippen LogP contribution >= 0.6 is 0 Å². The monoisotopic (exact) mass is 365 g/mol. The van der Waals surface area contributed by atoms with Crippen molar-refractivity contribution in [2.45, 2.75) is 51.6 Å². The normalized spacial score (nSPS) is 19.9. The van der Waals surface area contributed by atoms with Gasteiger partial charge >= 0.3 is 12.4 Å². The fraction of sp³-hybridized carbons (Fsp3) is 0.471. The summed E-state index contributed by atoms with van der Waals surface area (Å²) in [5, 5.41) is 0. The third-order valence-corrected chi connectivity index (χ3v) is 3.67. The van der Waals surface area contributed by atoms with Crippen molar-refractivity contribution in [2.75, 3.05) is 0 Å². The molecule has 0 N–H and O–H groups in total. The van der Waals surface area contributed by atoms with Gasteiger partial charge in [-0.2, -0.15) is 26.3 Å². The number of alkyl halides is 6. The van der Waals surface area contributed by atoms with Gasteiger partial charge in [0.15, 0.2) is 0 Å². The van der Waals surface area contributed by atoms with E-state index < -0.39 is 35.3 Å². The van der Waals surface area contributed by atoms with Gasteiger partial charge in [-0.15, -0.1) is 0 Å². The fourth-order valence-electron chi connectivity index (χ4n) is 2.52. The molecule has 0 radical (unpaired) electrons. The Balaban J connectivity index is 2.59. The van der Waals surface area contributed by atoms with Crippen molar-refractivity contribution in [3.63, 3.8) is 0 Å². The minimum atomic E-state index is -4.96. The van der Waals surface area contributed by atoms with Crippen LogP contribution in [0.25, 0.3) is 0 Å². The summed E-state index contributed by atoms with van der Waals surface area (Å²) in [4.78, 5) is 3.66. The predicted molar refractivity (Wildman–Crippen MR) is 81.7 cm³/mol. The molecule has 0 spiro atoms. The summed E-state index contributed by atoms with van der Waals surface area (Å²) >= 11 is 0. The van der Waals surface area contributed by atoms with Gasteiger partial charge in [-0.25, -0.2) is 4.99 Å². The first kappa shape index (κ1) is 19.3. The van der Waals surface area contributed by atoms with Crippen molar-refractivity contribution < 1.29 is 31.1 Å². The number of hydrogen-bond donors (Lipinski definition) is 0. The van der Waals surface area contributed by atoms with Gasteiger partial charge in [-0.1, -0.05) is 19.4 Å². The van der Waals surface area contributed by atoms with Crippen molar-refractivity contribution in [1.82, 2.24) is 0 Å². The first-order valence-electron chi connectivity index (χ1n) is 7.77. The number of para-hydroxylation sites is 1. The molecule has 0 bridgehead atoms. The zero-order valence-electron chi connectivity index (χ0n) is 13.6. The van der Waals surface area contributed by atoms with E-state index in [1.807, 2.05) is 6.92 Å². The maximum atomic E-state index is 13.2. The lowest BCUT2D eigenvalue weighted by molar-refractivity contribution is -0.141. The molecule has 2 nitrogen and oxygen atoms in total. The second kappa shape index (κ2) is 7.09. The summed E-state index contributed by atoms with van der Waals surface area (Å²) in [7, 11) is 0. The number of hydrogen-bond acceptors (Lipinski definition) is 2. The van der Waals surface area contributed by atoms with E-state index in [4.69, 9.17) is 4.74 Å². The molecule has 0 aliphatic carbocycles. The summed E-state index contributed by atoms with van der Waals surface area (Å²) in [5.74, 6) is -0.178. The highest BCUT2D eigenvalue weighted by Gasteiger charge is 2.41. The molecule has 2 rings (SSSR count). The molecule has 138 valence electrons. The van der Waals surface area contributed by atoms with Crippen LogP contribution in [0.15, 0.2) is 34.8 Å². The van der Waals surface area contributed by atoms with Crippen molar-refractivity contribution in [1.29, 1.82) is 0 Å². The molecule has 0 fully saturated rings. The summed E-state index contributed by atoms with van der Waals surface area (Å²) in [6.07, 6.45) is -6.67. The largest absolute Gasteiger partial charge is 0.470 e. The second-order valence-electron chi connectivity index (χ2n) is 5.73. The number of ether oxygens (including phenoxy) is 1. The smallest absolute Gasteiger partial charge is 0.418 e. The molecule has 1 aliphatic heterocycles. The Morgan fingerprint density at radius 1 is 1.04 bits per heavy atom. The molecular weight excluding hydrogens is 348 g/mol. The van der Waals surface area contributed by atoms with Crippen LogP contribution in [0.2, 0.25) is 0 Å². The first-order chi connectivity index (χ1) is 11.5. The minimum absolute atomic E-state index is 0.178. The van der Waals surface area contributed by atoms with E-state index in [0.717, 1.165) is 18.9 Å². The van der Waals surface area contributed by atoms with Gasteiger partial charge in [0.1, 0.15) is 6.10 Å². The summed E-state index contributed by atoms with van der Waals surface area (Å²) < 4.78 is 84.4. The summed E-state index contributed by atoms with van der Waals surface area (Å²) in [6, 6.07) is 1.90. The van der Waals surface area contributed by atoms with E-state index in [0.29, 0.717) is 24.1 Å². The lowest BCUT2D eigenvalue weighted by Crippen LogP contribution is -2.13. The molecular formula is C17H17F6NO. The average Bonchev–Trinajstić information content (AvgIpc) is 2.82. The van der Waals surface area contributed by atoms with E-state index in [2.05, 4.69) is 4.99 Å². The van der Waals surface area contributed by atoms with Crippen LogP contribution in [-0.2, 0) is 17.1 Å². The standard InChI is InChI=1S/C17H17F6NO/c1-3-4-6-11-9-10(2)25-15(11)24-14-12(16(18,19)20)7-5-8-13(14)17(21,22)23/h5,7-10H,3-4,6H2,1-2H3. The Labute approximate surface area is 141 Å². The number of halogens is 6. The SMILES string of the molecule is CCCCC1=CC(C)OC1=Nc1c(C(F)(F)F)cccc1C(F)(F)F. The Morgan fingerprint density at radius 3 is 2.08 bits per heavy atom. The second-order valence-corrected chi connectivity index (χ2v) is 5.73. The maximum absolute atomic E-state index is 13.2. The molecule has 1 unspecified atom stereocenters. The Kier molecular flexibility index (Phi) is 5.49. The molecule has 8 heteroatoms. The Hall–Kier alpha value is -1.99. The molecule has 0 aromatic heterocycles. The van der Waals surface area contributed by atoms with Crippen molar-refractivity contribution in [2.24, 2.45) is 4.99 Å². The van der Waals surface area contributed by atoms with E-state index in [1.54, 1.807) is 13.0 Å². The van der Waals surface area contributed by atoms with Crippen LogP contribution < -0.4 is 0 Å². The van der Waals surface area contributed by atoms with Crippen LogP contribution in [0.1, 0.15) is 44.2 Å². The van der Waals surface area contributed by atoms with Crippen LogP contribution in [0, 0.1) is 0 Å². The van der Waals surface area contributed by atoms with E-state index >= 15 is 0 Å². The van der Waals surface area contributed by atoms with Gasteiger partial charge in [0.2, 0.25) is 5.90 Å². The van der Waals surface area contributed by atoms with Gasteiger partial charge in [0.05, 0.1) is 16.8 Å². The van der Waals surface area contributed by atoms with Gasteiger partial charge in [0, 0.05) is 5.57 Å². The van der Waals surface area contributed by atoms with Crippen molar-refractivity contribution in [3.05, 3.63) is 41.0 Å². The van der Waals surface area contributed by atoms with Crippen LogP contribution in [-0.4, -0.2) is 12.0 Å². The first-order valence-corrected chi connectivity index (χ1v) is 7.77. The van der Waals surface area contributed by atoms with Gasteiger partial charge in [-0.05, 0) is 38.0 Å². The van der Waals surface area contributed by atoms with Crippen LogP contribution in [0.3, 0.4) is 0 Å².